The maximum atomic E-state index is 8.86. The second-order valence-electron chi connectivity index (χ2n) is 2.70. The molecule has 0 heterocycles. The zero-order valence-corrected chi connectivity index (χ0v) is 8.63. The Kier molecular flexibility index (Phi) is 3.76. The molecule has 0 saturated carbocycles. The second-order valence-corrected chi connectivity index (χ2v) is 3.49. The Balaban J connectivity index is 2.97. The van der Waals surface area contributed by atoms with Crippen LogP contribution < -0.4 is 0 Å². The minimum Gasteiger partial charge on any atom is -0.385 e. The number of hydrogen-bond acceptors (Lipinski definition) is 1. The van der Waals surface area contributed by atoms with Crippen molar-refractivity contribution in [3.63, 3.8) is 0 Å². The first-order valence-electron chi connectivity index (χ1n) is 4.04. The van der Waals surface area contributed by atoms with E-state index in [1.54, 1.807) is 0 Å². The Morgan fingerprint density at radius 1 is 1.50 bits per heavy atom. The van der Waals surface area contributed by atoms with E-state index in [0.29, 0.717) is 0 Å². The standard InChI is InChI=1S/C10H12BrO/c1-2-4-8-5-3-6-9(7-12)10(8)11/h3,5-7,12H,2,4H2,1H3. The lowest BCUT2D eigenvalue weighted by atomic mass is 10.1. The van der Waals surface area contributed by atoms with E-state index in [9.17, 15) is 0 Å². The van der Waals surface area contributed by atoms with Gasteiger partial charge in [-0.2, -0.15) is 0 Å². The van der Waals surface area contributed by atoms with E-state index in [4.69, 9.17) is 5.11 Å². The van der Waals surface area contributed by atoms with Crippen LogP contribution in [0.25, 0.3) is 0 Å². The van der Waals surface area contributed by atoms with Gasteiger partial charge in [0, 0.05) is 4.47 Å². The Morgan fingerprint density at radius 2 is 2.25 bits per heavy atom. The maximum absolute atomic E-state index is 8.86. The normalized spacial score (nSPS) is 10.2. The summed E-state index contributed by atoms with van der Waals surface area (Å²) in [5.41, 5.74) is 2.10. The Morgan fingerprint density at radius 3 is 2.83 bits per heavy atom. The smallest absolute Gasteiger partial charge is 0.110 e. The van der Waals surface area contributed by atoms with Gasteiger partial charge in [-0.3, -0.25) is 0 Å². The molecule has 1 rings (SSSR count). The van der Waals surface area contributed by atoms with Gasteiger partial charge in [-0.25, -0.2) is 0 Å². The van der Waals surface area contributed by atoms with Crippen LogP contribution in [0.5, 0.6) is 0 Å². The summed E-state index contributed by atoms with van der Waals surface area (Å²) in [6.07, 6.45) is 2.16. The highest BCUT2D eigenvalue weighted by Gasteiger charge is 2.03. The van der Waals surface area contributed by atoms with Crippen LogP contribution in [-0.4, -0.2) is 5.11 Å². The number of aliphatic hydroxyl groups is 1. The Bertz CT molecular complexity index is 258. The number of benzene rings is 1. The first-order chi connectivity index (χ1) is 5.79. The Hall–Kier alpha value is -0.340. The SMILES string of the molecule is CCCc1cccc([CH]O)c1Br. The molecule has 0 atom stereocenters. The molecule has 0 aliphatic rings. The molecular weight excluding hydrogens is 216 g/mol. The lowest BCUT2D eigenvalue weighted by Crippen LogP contribution is -1.90. The fraction of sp³-hybridized carbons (Fsp3) is 0.300. The predicted octanol–water partition coefficient (Wildman–Crippen LogP) is 3.28. The van der Waals surface area contributed by atoms with E-state index >= 15 is 0 Å². The van der Waals surface area contributed by atoms with Gasteiger partial charge in [-0.05, 0) is 17.5 Å². The monoisotopic (exact) mass is 227 g/mol. The zero-order valence-electron chi connectivity index (χ0n) is 7.05. The summed E-state index contributed by atoms with van der Waals surface area (Å²) in [4.78, 5) is 0. The van der Waals surface area contributed by atoms with Crippen LogP contribution in [0.1, 0.15) is 24.5 Å². The summed E-state index contributed by atoms with van der Waals surface area (Å²) in [5.74, 6) is 0. The second kappa shape index (κ2) is 4.63. The number of aliphatic hydroxyl groups excluding tert-OH is 1. The van der Waals surface area contributed by atoms with Crippen molar-refractivity contribution in [1.82, 2.24) is 0 Å². The van der Waals surface area contributed by atoms with Crippen molar-refractivity contribution < 1.29 is 5.11 Å². The molecule has 1 aromatic rings. The molecule has 0 aliphatic heterocycles. The average Bonchev–Trinajstić information content (AvgIpc) is 2.09. The third-order valence-electron chi connectivity index (χ3n) is 1.77. The fourth-order valence-corrected chi connectivity index (χ4v) is 1.73. The van der Waals surface area contributed by atoms with Gasteiger partial charge in [-0.15, -0.1) is 0 Å². The molecule has 0 aromatic heterocycles. The topological polar surface area (TPSA) is 20.2 Å². The first-order valence-corrected chi connectivity index (χ1v) is 4.83. The highest BCUT2D eigenvalue weighted by atomic mass is 79.9. The lowest BCUT2D eigenvalue weighted by molar-refractivity contribution is 0.414. The molecule has 0 unspecified atom stereocenters. The van der Waals surface area contributed by atoms with E-state index < -0.39 is 0 Å². The third-order valence-corrected chi connectivity index (χ3v) is 2.73. The van der Waals surface area contributed by atoms with Crippen molar-refractivity contribution in [2.45, 2.75) is 19.8 Å². The van der Waals surface area contributed by atoms with Gasteiger partial charge in [0.1, 0.15) is 6.61 Å². The number of aryl methyl sites for hydroxylation is 1. The van der Waals surface area contributed by atoms with Gasteiger partial charge < -0.3 is 5.11 Å². The molecule has 12 heavy (non-hydrogen) atoms. The van der Waals surface area contributed by atoms with E-state index in [-0.39, 0.29) is 0 Å². The maximum Gasteiger partial charge on any atom is 0.110 e. The van der Waals surface area contributed by atoms with Crippen molar-refractivity contribution in [3.8, 4) is 0 Å². The fourth-order valence-electron chi connectivity index (χ4n) is 1.16. The minimum atomic E-state index is 0.848. The summed E-state index contributed by atoms with van der Waals surface area (Å²) in [6.45, 7) is 3.27. The van der Waals surface area contributed by atoms with Crippen LogP contribution >= 0.6 is 15.9 Å². The molecule has 0 spiro atoms. The molecule has 1 N–H and O–H groups in total. The number of hydrogen-bond donors (Lipinski definition) is 1. The van der Waals surface area contributed by atoms with E-state index in [1.165, 1.54) is 5.56 Å². The Labute approximate surface area is 81.6 Å². The van der Waals surface area contributed by atoms with Crippen molar-refractivity contribution in [1.29, 1.82) is 0 Å². The summed E-state index contributed by atoms with van der Waals surface area (Å²) in [6, 6.07) is 5.90. The molecule has 0 saturated heterocycles. The van der Waals surface area contributed by atoms with E-state index in [1.807, 2.05) is 12.1 Å². The lowest BCUT2D eigenvalue weighted by Gasteiger charge is -2.05. The van der Waals surface area contributed by atoms with Crippen molar-refractivity contribution in [2.24, 2.45) is 0 Å². The van der Waals surface area contributed by atoms with Gasteiger partial charge in [0.15, 0.2) is 0 Å². The van der Waals surface area contributed by atoms with Crippen LogP contribution in [0, 0.1) is 6.61 Å². The van der Waals surface area contributed by atoms with Crippen LogP contribution in [0.2, 0.25) is 0 Å². The van der Waals surface area contributed by atoms with Gasteiger partial charge >= 0.3 is 0 Å². The van der Waals surface area contributed by atoms with Crippen molar-refractivity contribution >= 4 is 15.9 Å². The van der Waals surface area contributed by atoms with E-state index in [0.717, 1.165) is 29.5 Å². The van der Waals surface area contributed by atoms with Crippen molar-refractivity contribution in [3.05, 3.63) is 40.4 Å². The third kappa shape index (κ3) is 2.08. The highest BCUT2D eigenvalue weighted by molar-refractivity contribution is 9.10. The molecule has 1 aromatic carbocycles. The van der Waals surface area contributed by atoms with Crippen LogP contribution in [0.4, 0.5) is 0 Å². The quantitative estimate of drug-likeness (QED) is 0.841. The largest absolute Gasteiger partial charge is 0.385 e. The summed E-state index contributed by atoms with van der Waals surface area (Å²) in [7, 11) is 0. The predicted molar refractivity (Wildman–Crippen MR) is 53.5 cm³/mol. The molecule has 1 nitrogen and oxygen atoms in total. The summed E-state index contributed by atoms with van der Waals surface area (Å²) in [5, 5.41) is 8.86. The zero-order chi connectivity index (χ0) is 8.97. The molecule has 65 valence electrons. The molecule has 1 radical (unpaired) electrons. The molecule has 0 amide bonds. The van der Waals surface area contributed by atoms with Crippen LogP contribution in [0.3, 0.4) is 0 Å². The molecule has 0 aliphatic carbocycles. The minimum absolute atomic E-state index is 0.848. The first kappa shape index (κ1) is 9.75. The number of rotatable bonds is 3. The molecule has 2 heteroatoms. The molecule has 0 fully saturated rings. The van der Waals surface area contributed by atoms with Crippen molar-refractivity contribution in [2.75, 3.05) is 0 Å². The van der Waals surface area contributed by atoms with Gasteiger partial charge in [-0.1, -0.05) is 47.5 Å². The summed E-state index contributed by atoms with van der Waals surface area (Å²) >= 11 is 3.45. The molecular formula is C10H12BrO. The van der Waals surface area contributed by atoms with E-state index in [2.05, 4.69) is 28.9 Å². The van der Waals surface area contributed by atoms with Gasteiger partial charge in [0.25, 0.3) is 0 Å². The van der Waals surface area contributed by atoms with Crippen LogP contribution in [0.15, 0.2) is 22.7 Å². The van der Waals surface area contributed by atoms with Gasteiger partial charge in [0.05, 0.1) is 0 Å². The highest BCUT2D eigenvalue weighted by Crippen LogP contribution is 2.23. The molecule has 0 bridgehead atoms. The van der Waals surface area contributed by atoms with Gasteiger partial charge in [0.2, 0.25) is 0 Å². The number of halogens is 1. The summed E-state index contributed by atoms with van der Waals surface area (Å²) < 4.78 is 1.01. The average molecular weight is 228 g/mol. The van der Waals surface area contributed by atoms with Crippen LogP contribution in [-0.2, 0) is 6.42 Å².